The molecule has 2 aromatic heterocycles. The Balaban J connectivity index is 1.32. The van der Waals surface area contributed by atoms with Crippen LogP contribution in [0.4, 0.5) is 26.0 Å². The molecule has 1 fully saturated rings. The number of hydrogen-bond acceptors (Lipinski definition) is 8. The lowest BCUT2D eigenvalue weighted by Crippen LogP contribution is -2.44. The first-order chi connectivity index (χ1) is 21.1. The van der Waals surface area contributed by atoms with Crippen LogP contribution in [0.1, 0.15) is 20.8 Å². The van der Waals surface area contributed by atoms with Gasteiger partial charge in [0.1, 0.15) is 17.3 Å². The first kappa shape index (κ1) is 28.9. The Morgan fingerprint density at radius 1 is 0.886 bits per heavy atom. The van der Waals surface area contributed by atoms with Gasteiger partial charge in [-0.2, -0.15) is 5.10 Å². The molecule has 1 aliphatic rings. The van der Waals surface area contributed by atoms with Crippen LogP contribution in [0.25, 0.3) is 10.9 Å². The zero-order valence-corrected chi connectivity index (χ0v) is 24.1. The zero-order valence-electron chi connectivity index (χ0n) is 23.3. The number of fused-ring (bicyclic) bond motifs is 1. The largest absolute Gasteiger partial charge is 0.369 e. The SMILES string of the molecule is CN1CCN(c2ccc(C(=O)Nc3n[nH]c4ccc(S(=O)(=O)c5cc(F)cc(F)c5)cc34)c(NC(=O)c3cnc[nH]3)c2)CC1. The molecule has 0 unspecified atom stereocenters. The van der Waals surface area contributed by atoms with Gasteiger partial charge in [0, 0.05) is 43.3 Å². The van der Waals surface area contributed by atoms with Crippen molar-refractivity contribution in [1.82, 2.24) is 25.1 Å². The molecule has 12 nitrogen and oxygen atoms in total. The minimum absolute atomic E-state index is 0.0152. The number of H-pyrrole nitrogens is 2. The Labute approximate surface area is 250 Å². The van der Waals surface area contributed by atoms with Gasteiger partial charge in [-0.25, -0.2) is 22.2 Å². The number of imidazole rings is 1. The number of likely N-dealkylation sites (N-methyl/N-ethyl adjacent to an activating group) is 1. The predicted octanol–water partition coefficient (Wildman–Crippen LogP) is 3.65. The summed E-state index contributed by atoms with van der Waals surface area (Å²) in [6, 6.07) is 11.1. The number of carbonyl (C=O) groups excluding carboxylic acids is 2. The molecule has 0 saturated carbocycles. The van der Waals surface area contributed by atoms with Crippen LogP contribution in [-0.2, 0) is 9.84 Å². The summed E-state index contributed by atoms with van der Waals surface area (Å²) in [5.74, 6) is -3.17. The van der Waals surface area contributed by atoms with Crippen LogP contribution >= 0.6 is 0 Å². The number of sulfone groups is 1. The number of hydrogen-bond donors (Lipinski definition) is 4. The number of carbonyl (C=O) groups is 2. The molecular weight excluding hydrogens is 594 g/mol. The number of amides is 2. The monoisotopic (exact) mass is 620 g/mol. The van der Waals surface area contributed by atoms with Gasteiger partial charge in [-0.15, -0.1) is 0 Å². The second-order valence-corrected chi connectivity index (χ2v) is 12.2. The number of aromatic amines is 2. The van der Waals surface area contributed by atoms with E-state index in [2.05, 4.69) is 40.6 Å². The number of anilines is 3. The van der Waals surface area contributed by atoms with Crippen LogP contribution in [0, 0.1) is 11.6 Å². The predicted molar refractivity (Wildman–Crippen MR) is 159 cm³/mol. The Kier molecular flexibility index (Phi) is 7.57. The molecule has 44 heavy (non-hydrogen) atoms. The number of benzene rings is 3. The Bertz CT molecular complexity index is 1970. The highest BCUT2D eigenvalue weighted by Crippen LogP contribution is 2.30. The molecule has 0 spiro atoms. The van der Waals surface area contributed by atoms with Crippen LogP contribution in [-0.4, -0.2) is 78.5 Å². The van der Waals surface area contributed by atoms with E-state index in [1.165, 1.54) is 30.7 Å². The first-order valence-electron chi connectivity index (χ1n) is 13.5. The summed E-state index contributed by atoms with van der Waals surface area (Å²) in [5.41, 5.74) is 1.80. The summed E-state index contributed by atoms with van der Waals surface area (Å²) >= 11 is 0. The van der Waals surface area contributed by atoms with Crippen molar-refractivity contribution in [3.8, 4) is 0 Å². The molecular formula is C29H26F2N8O4S. The molecule has 226 valence electrons. The van der Waals surface area contributed by atoms with Gasteiger partial charge in [-0.1, -0.05) is 0 Å². The van der Waals surface area contributed by atoms with Gasteiger partial charge in [0.15, 0.2) is 5.82 Å². The van der Waals surface area contributed by atoms with Crippen molar-refractivity contribution in [2.24, 2.45) is 0 Å². The van der Waals surface area contributed by atoms with Crippen LogP contribution < -0.4 is 15.5 Å². The highest BCUT2D eigenvalue weighted by atomic mass is 32.2. The molecule has 3 aromatic carbocycles. The average molecular weight is 621 g/mol. The summed E-state index contributed by atoms with van der Waals surface area (Å²) in [4.78, 5) is 36.7. The zero-order chi connectivity index (χ0) is 31.0. The molecule has 6 rings (SSSR count). The molecule has 1 saturated heterocycles. The fourth-order valence-electron chi connectivity index (χ4n) is 4.91. The molecule has 0 aliphatic carbocycles. The minimum atomic E-state index is -4.31. The van der Waals surface area contributed by atoms with Crippen molar-refractivity contribution >= 4 is 49.7 Å². The average Bonchev–Trinajstić information content (AvgIpc) is 3.68. The van der Waals surface area contributed by atoms with Gasteiger partial charge in [0.25, 0.3) is 11.8 Å². The number of aromatic nitrogens is 4. The van der Waals surface area contributed by atoms with E-state index >= 15 is 0 Å². The molecule has 0 radical (unpaired) electrons. The summed E-state index contributed by atoms with van der Waals surface area (Å²) in [6.45, 7) is 3.25. The standard InChI is InChI=1S/C29H26F2N8O4S/c1-38-6-8-39(9-7-38)19-2-4-22(25(13-19)34-29(41)26-15-32-16-33-26)28(40)35-27-23-14-20(3-5-24(23)36-37-27)44(42,43)21-11-17(30)10-18(31)12-21/h2-5,10-16H,6-9H2,1H3,(H,32,33)(H,34,41)(H2,35,36,37,40). The van der Waals surface area contributed by atoms with Crippen molar-refractivity contribution in [3.63, 3.8) is 0 Å². The van der Waals surface area contributed by atoms with E-state index in [-0.39, 0.29) is 33.0 Å². The van der Waals surface area contributed by atoms with E-state index < -0.39 is 38.2 Å². The van der Waals surface area contributed by atoms with Gasteiger partial charge >= 0.3 is 0 Å². The van der Waals surface area contributed by atoms with E-state index in [4.69, 9.17) is 0 Å². The van der Waals surface area contributed by atoms with Crippen molar-refractivity contribution in [3.05, 3.63) is 90.0 Å². The maximum absolute atomic E-state index is 13.8. The summed E-state index contributed by atoms with van der Waals surface area (Å²) in [6.07, 6.45) is 2.73. The molecule has 2 amide bonds. The lowest BCUT2D eigenvalue weighted by atomic mass is 10.1. The maximum atomic E-state index is 13.8. The van der Waals surface area contributed by atoms with Crippen LogP contribution in [0.2, 0.25) is 0 Å². The fraction of sp³-hybridized carbons (Fsp3) is 0.172. The van der Waals surface area contributed by atoms with Gasteiger partial charge < -0.3 is 25.4 Å². The van der Waals surface area contributed by atoms with E-state index in [9.17, 15) is 26.8 Å². The van der Waals surface area contributed by atoms with Crippen molar-refractivity contribution in [2.75, 3.05) is 48.8 Å². The topological polar surface area (TPSA) is 156 Å². The third kappa shape index (κ3) is 5.74. The normalized spacial score (nSPS) is 14.1. The molecule has 15 heteroatoms. The highest BCUT2D eigenvalue weighted by molar-refractivity contribution is 7.91. The Morgan fingerprint density at radius 3 is 2.34 bits per heavy atom. The van der Waals surface area contributed by atoms with E-state index in [1.54, 1.807) is 18.2 Å². The van der Waals surface area contributed by atoms with Crippen molar-refractivity contribution in [2.45, 2.75) is 9.79 Å². The first-order valence-corrected chi connectivity index (χ1v) is 14.9. The van der Waals surface area contributed by atoms with Crippen LogP contribution in [0.3, 0.4) is 0 Å². The molecule has 0 bridgehead atoms. The van der Waals surface area contributed by atoms with E-state index in [0.717, 1.165) is 44.0 Å². The second-order valence-electron chi connectivity index (χ2n) is 10.3. The third-order valence-corrected chi connectivity index (χ3v) is 9.06. The van der Waals surface area contributed by atoms with Gasteiger partial charge in [-0.05, 0) is 55.6 Å². The molecule has 0 atom stereocenters. The Hall–Kier alpha value is -5.15. The van der Waals surface area contributed by atoms with E-state index in [1.807, 2.05) is 7.05 Å². The van der Waals surface area contributed by atoms with Crippen molar-refractivity contribution in [1.29, 1.82) is 0 Å². The Morgan fingerprint density at radius 2 is 1.64 bits per heavy atom. The van der Waals surface area contributed by atoms with E-state index in [0.29, 0.717) is 11.6 Å². The minimum Gasteiger partial charge on any atom is -0.369 e. The van der Waals surface area contributed by atoms with Gasteiger partial charge in [0.2, 0.25) is 9.84 Å². The number of piperazine rings is 1. The number of nitrogens with zero attached hydrogens (tertiary/aromatic N) is 4. The number of halogens is 2. The highest BCUT2D eigenvalue weighted by Gasteiger charge is 2.24. The molecule has 5 aromatic rings. The summed E-state index contributed by atoms with van der Waals surface area (Å²) < 4.78 is 53.9. The lowest BCUT2D eigenvalue weighted by molar-refractivity contribution is 0.102. The van der Waals surface area contributed by atoms with Gasteiger partial charge in [0.05, 0.1) is 39.1 Å². The summed E-state index contributed by atoms with van der Waals surface area (Å²) in [5, 5.41) is 12.6. The van der Waals surface area contributed by atoms with Crippen molar-refractivity contribution < 1.29 is 26.8 Å². The summed E-state index contributed by atoms with van der Waals surface area (Å²) in [7, 11) is -2.27. The smallest absolute Gasteiger partial charge is 0.273 e. The molecule has 4 N–H and O–H groups in total. The quantitative estimate of drug-likeness (QED) is 0.215. The molecule has 1 aliphatic heterocycles. The number of rotatable bonds is 7. The number of nitrogens with one attached hydrogen (secondary N) is 4. The fourth-order valence-corrected chi connectivity index (χ4v) is 6.24. The molecule has 3 heterocycles. The van der Waals surface area contributed by atoms with Crippen LogP contribution in [0.5, 0.6) is 0 Å². The van der Waals surface area contributed by atoms with Gasteiger partial charge in [-0.3, -0.25) is 14.7 Å². The van der Waals surface area contributed by atoms with Crippen LogP contribution in [0.15, 0.2) is 76.9 Å². The lowest BCUT2D eigenvalue weighted by Gasteiger charge is -2.34. The second kappa shape index (κ2) is 11.5. The maximum Gasteiger partial charge on any atom is 0.273 e. The third-order valence-electron chi connectivity index (χ3n) is 7.33.